The van der Waals surface area contributed by atoms with E-state index in [0.29, 0.717) is 6.42 Å². The Kier molecular flexibility index (Phi) is 4.13. The molecule has 5 heteroatoms. The summed E-state index contributed by atoms with van der Waals surface area (Å²) >= 11 is 0. The van der Waals surface area contributed by atoms with E-state index in [1.165, 1.54) is 0 Å². The lowest BCUT2D eigenvalue weighted by molar-refractivity contribution is -0.121. The second kappa shape index (κ2) is 6.22. The molecule has 0 unspecified atom stereocenters. The van der Waals surface area contributed by atoms with Crippen LogP contribution in [0.25, 0.3) is 0 Å². The summed E-state index contributed by atoms with van der Waals surface area (Å²) in [5, 5.41) is 3.13. The lowest BCUT2D eigenvalue weighted by atomic mass is 10.1. The van der Waals surface area contributed by atoms with E-state index in [4.69, 9.17) is 4.74 Å². The van der Waals surface area contributed by atoms with E-state index < -0.39 is 0 Å². The van der Waals surface area contributed by atoms with Gasteiger partial charge in [0.15, 0.2) is 0 Å². The number of carbonyl (C=O) groups excluding carboxylic acids is 1. The van der Waals surface area contributed by atoms with Crippen molar-refractivity contribution in [3.05, 3.63) is 47.5 Å². The topological polar surface area (TPSA) is 56.1 Å². The number of amides is 1. The Hall–Kier alpha value is -2.30. The number of hydrogen-bond donors (Lipinski definition) is 1. The zero-order valence-corrected chi connectivity index (χ0v) is 13.0. The second-order valence-corrected chi connectivity index (χ2v) is 5.78. The molecule has 1 aliphatic rings. The van der Waals surface area contributed by atoms with Crippen molar-refractivity contribution in [2.24, 2.45) is 0 Å². The molecule has 0 radical (unpaired) electrons. The lowest BCUT2D eigenvalue weighted by Gasteiger charge is -2.24. The van der Waals surface area contributed by atoms with E-state index in [1.54, 1.807) is 7.11 Å². The van der Waals surface area contributed by atoms with Crippen LogP contribution in [0.4, 0.5) is 0 Å². The van der Waals surface area contributed by atoms with Gasteiger partial charge in [-0.1, -0.05) is 12.1 Å². The fourth-order valence-electron chi connectivity index (χ4n) is 2.95. The van der Waals surface area contributed by atoms with Gasteiger partial charge in [0, 0.05) is 25.2 Å². The second-order valence-electron chi connectivity index (χ2n) is 5.78. The molecule has 1 aromatic carbocycles. The Morgan fingerprint density at radius 1 is 1.50 bits per heavy atom. The third kappa shape index (κ3) is 3.30. The van der Waals surface area contributed by atoms with E-state index in [0.717, 1.165) is 42.2 Å². The zero-order valence-electron chi connectivity index (χ0n) is 13.0. The summed E-state index contributed by atoms with van der Waals surface area (Å²) in [5.41, 5.74) is 2.00. The van der Waals surface area contributed by atoms with Crippen molar-refractivity contribution in [2.45, 2.75) is 38.8 Å². The number of ether oxygens (including phenoxy) is 1. The minimum Gasteiger partial charge on any atom is -0.497 e. The largest absolute Gasteiger partial charge is 0.497 e. The molecule has 0 bridgehead atoms. The molecule has 1 aliphatic heterocycles. The molecule has 0 aliphatic carbocycles. The third-order valence-electron chi connectivity index (χ3n) is 3.98. The number of nitrogens with zero attached hydrogens (tertiary/aromatic N) is 2. The maximum Gasteiger partial charge on any atom is 0.224 e. The summed E-state index contributed by atoms with van der Waals surface area (Å²) in [6, 6.07) is 7.81. The predicted octanol–water partition coefficient (Wildman–Crippen LogP) is 1.87. The van der Waals surface area contributed by atoms with Crippen molar-refractivity contribution in [3.8, 4) is 5.75 Å². The number of methoxy groups -OCH3 is 1. The lowest BCUT2D eigenvalue weighted by Crippen LogP contribution is -2.41. The van der Waals surface area contributed by atoms with Crippen LogP contribution in [0.1, 0.15) is 23.5 Å². The first-order valence-electron chi connectivity index (χ1n) is 7.59. The van der Waals surface area contributed by atoms with Crippen LogP contribution >= 0.6 is 0 Å². The fourth-order valence-corrected chi connectivity index (χ4v) is 2.95. The third-order valence-corrected chi connectivity index (χ3v) is 3.98. The van der Waals surface area contributed by atoms with E-state index in [-0.39, 0.29) is 11.9 Å². The molecule has 5 nitrogen and oxygen atoms in total. The molecule has 1 aromatic heterocycles. The number of aryl methyl sites for hydroxylation is 2. The van der Waals surface area contributed by atoms with Gasteiger partial charge < -0.3 is 14.6 Å². The predicted molar refractivity (Wildman–Crippen MR) is 83.9 cm³/mol. The standard InChI is InChI=1S/C17H21N3O2/c1-12-10-20-11-14(6-7-16(20)18-12)19-17(21)9-13-4-3-5-15(8-13)22-2/h3-5,8,10,14H,6-7,9,11H2,1-2H3,(H,19,21)/t14-/m1/s1. The maximum absolute atomic E-state index is 12.2. The molecule has 116 valence electrons. The summed E-state index contributed by atoms with van der Waals surface area (Å²) in [4.78, 5) is 16.7. The SMILES string of the molecule is COc1cccc(CC(=O)N[C@@H]2CCc3nc(C)cn3C2)c1. The Bertz CT molecular complexity index is 678. The van der Waals surface area contributed by atoms with Crippen molar-refractivity contribution in [1.82, 2.24) is 14.9 Å². The molecule has 0 fully saturated rings. The minimum atomic E-state index is 0.0542. The molecular formula is C17H21N3O2. The highest BCUT2D eigenvalue weighted by molar-refractivity contribution is 5.79. The van der Waals surface area contributed by atoms with Crippen LogP contribution in [0.3, 0.4) is 0 Å². The number of benzene rings is 1. The highest BCUT2D eigenvalue weighted by Gasteiger charge is 2.21. The summed E-state index contributed by atoms with van der Waals surface area (Å²) in [6.07, 6.45) is 4.29. The van der Waals surface area contributed by atoms with E-state index in [2.05, 4.69) is 21.1 Å². The maximum atomic E-state index is 12.2. The van der Waals surface area contributed by atoms with Crippen molar-refractivity contribution >= 4 is 5.91 Å². The van der Waals surface area contributed by atoms with Gasteiger partial charge in [0.1, 0.15) is 11.6 Å². The highest BCUT2D eigenvalue weighted by Crippen LogP contribution is 2.16. The normalized spacial score (nSPS) is 16.9. The van der Waals surface area contributed by atoms with E-state index >= 15 is 0 Å². The monoisotopic (exact) mass is 299 g/mol. The molecular weight excluding hydrogens is 278 g/mol. The van der Waals surface area contributed by atoms with Crippen molar-refractivity contribution < 1.29 is 9.53 Å². The van der Waals surface area contributed by atoms with Gasteiger partial charge in [0.25, 0.3) is 0 Å². The van der Waals surface area contributed by atoms with Gasteiger partial charge in [-0.25, -0.2) is 4.98 Å². The van der Waals surface area contributed by atoms with E-state index in [9.17, 15) is 4.79 Å². The molecule has 1 amide bonds. The number of carbonyl (C=O) groups is 1. The number of fused-ring (bicyclic) bond motifs is 1. The number of rotatable bonds is 4. The minimum absolute atomic E-state index is 0.0542. The van der Waals surface area contributed by atoms with Gasteiger partial charge in [-0.15, -0.1) is 0 Å². The van der Waals surface area contributed by atoms with Crippen LogP contribution in [-0.4, -0.2) is 28.6 Å². The van der Waals surface area contributed by atoms with Gasteiger partial charge in [0.2, 0.25) is 5.91 Å². The Morgan fingerprint density at radius 3 is 3.18 bits per heavy atom. The highest BCUT2D eigenvalue weighted by atomic mass is 16.5. The molecule has 2 aromatic rings. The first-order chi connectivity index (χ1) is 10.6. The molecule has 0 spiro atoms. The smallest absolute Gasteiger partial charge is 0.224 e. The van der Waals surface area contributed by atoms with Crippen LogP contribution in [-0.2, 0) is 24.2 Å². The van der Waals surface area contributed by atoms with Gasteiger partial charge in [-0.2, -0.15) is 0 Å². The van der Waals surface area contributed by atoms with Gasteiger partial charge in [0.05, 0.1) is 19.2 Å². The Morgan fingerprint density at radius 2 is 2.36 bits per heavy atom. The van der Waals surface area contributed by atoms with Crippen LogP contribution < -0.4 is 10.1 Å². The molecule has 0 saturated heterocycles. The van der Waals surface area contributed by atoms with Crippen molar-refractivity contribution in [2.75, 3.05) is 7.11 Å². The number of nitrogens with one attached hydrogen (secondary N) is 1. The number of hydrogen-bond acceptors (Lipinski definition) is 3. The van der Waals surface area contributed by atoms with Crippen molar-refractivity contribution in [1.29, 1.82) is 0 Å². The zero-order chi connectivity index (χ0) is 15.5. The van der Waals surface area contributed by atoms with E-state index in [1.807, 2.05) is 31.2 Å². The number of aromatic nitrogens is 2. The Labute approximate surface area is 130 Å². The first-order valence-corrected chi connectivity index (χ1v) is 7.59. The molecule has 22 heavy (non-hydrogen) atoms. The molecule has 0 saturated carbocycles. The summed E-state index contributed by atoms with van der Waals surface area (Å²) in [5.74, 6) is 1.95. The van der Waals surface area contributed by atoms with Gasteiger partial charge >= 0.3 is 0 Å². The van der Waals surface area contributed by atoms with Crippen LogP contribution in [0.2, 0.25) is 0 Å². The van der Waals surface area contributed by atoms with Crippen LogP contribution in [0.5, 0.6) is 5.75 Å². The summed E-state index contributed by atoms with van der Waals surface area (Å²) in [6.45, 7) is 2.81. The number of imidazole rings is 1. The Balaban J connectivity index is 1.58. The molecule has 3 rings (SSSR count). The molecule has 2 heterocycles. The first kappa shape index (κ1) is 14.6. The summed E-state index contributed by atoms with van der Waals surface area (Å²) < 4.78 is 7.33. The quantitative estimate of drug-likeness (QED) is 0.938. The van der Waals surface area contributed by atoms with Gasteiger partial charge in [-0.05, 0) is 31.0 Å². The average molecular weight is 299 g/mol. The van der Waals surface area contributed by atoms with Crippen molar-refractivity contribution in [3.63, 3.8) is 0 Å². The molecule has 1 atom stereocenters. The van der Waals surface area contributed by atoms with Crippen LogP contribution in [0.15, 0.2) is 30.5 Å². The molecule has 1 N–H and O–H groups in total. The summed E-state index contributed by atoms with van der Waals surface area (Å²) in [7, 11) is 1.63. The fraction of sp³-hybridized carbons (Fsp3) is 0.412. The average Bonchev–Trinajstić information content (AvgIpc) is 2.86. The van der Waals surface area contributed by atoms with Gasteiger partial charge in [-0.3, -0.25) is 4.79 Å². The van der Waals surface area contributed by atoms with Crippen LogP contribution in [0, 0.1) is 6.92 Å².